The number of aromatic hydroxyl groups is 1. The second-order valence-corrected chi connectivity index (χ2v) is 4.67. The monoisotopic (exact) mass is 270 g/mol. The van der Waals surface area contributed by atoms with E-state index in [1.165, 1.54) is 20.3 Å². The topological polar surface area (TPSA) is 76.0 Å². The average Bonchev–Trinajstić information content (AvgIpc) is 3.11. The first-order valence-electron chi connectivity index (χ1n) is 5.81. The van der Waals surface area contributed by atoms with Gasteiger partial charge in [0.15, 0.2) is 11.5 Å². The van der Waals surface area contributed by atoms with Crippen LogP contribution in [0.25, 0.3) is 0 Å². The number of halogens is 1. The summed E-state index contributed by atoms with van der Waals surface area (Å²) < 4.78 is 23.9. The first-order chi connectivity index (χ1) is 8.95. The van der Waals surface area contributed by atoms with Crippen LogP contribution in [-0.4, -0.2) is 30.4 Å². The minimum Gasteiger partial charge on any atom is -0.505 e. The largest absolute Gasteiger partial charge is 0.505 e. The number of hydrogen-bond acceptors (Lipinski definition) is 4. The molecule has 0 amide bonds. The van der Waals surface area contributed by atoms with Crippen molar-refractivity contribution < 1.29 is 28.9 Å². The summed E-state index contributed by atoms with van der Waals surface area (Å²) in [5.41, 5.74) is -0.430. The van der Waals surface area contributed by atoms with Gasteiger partial charge in [-0.3, -0.25) is 4.79 Å². The van der Waals surface area contributed by atoms with Crippen LogP contribution < -0.4 is 9.47 Å². The van der Waals surface area contributed by atoms with Gasteiger partial charge in [-0.05, 0) is 18.9 Å². The van der Waals surface area contributed by atoms with Crippen molar-refractivity contribution in [2.24, 2.45) is 0 Å². The normalized spacial score (nSPS) is 15.9. The fourth-order valence-electron chi connectivity index (χ4n) is 2.33. The SMILES string of the molecule is COc1cc(C2(CC(=O)O)CC2)c(O)c(F)c1OC. The molecule has 0 aromatic heterocycles. The molecule has 1 aromatic rings. The molecular weight excluding hydrogens is 255 g/mol. The quantitative estimate of drug-likeness (QED) is 0.856. The van der Waals surface area contributed by atoms with Gasteiger partial charge in [0.25, 0.3) is 0 Å². The third-order valence-corrected chi connectivity index (χ3v) is 3.50. The average molecular weight is 270 g/mol. The summed E-state index contributed by atoms with van der Waals surface area (Å²) >= 11 is 0. The van der Waals surface area contributed by atoms with Gasteiger partial charge in [0.1, 0.15) is 0 Å². The highest BCUT2D eigenvalue weighted by Gasteiger charge is 2.49. The van der Waals surface area contributed by atoms with Crippen LogP contribution in [0.5, 0.6) is 17.2 Å². The number of ether oxygens (including phenoxy) is 2. The smallest absolute Gasteiger partial charge is 0.304 e. The number of hydrogen-bond donors (Lipinski definition) is 2. The van der Waals surface area contributed by atoms with Gasteiger partial charge in [-0.15, -0.1) is 0 Å². The second kappa shape index (κ2) is 4.60. The maximum atomic E-state index is 14.0. The van der Waals surface area contributed by atoms with Crippen molar-refractivity contribution in [2.45, 2.75) is 24.7 Å². The number of carbonyl (C=O) groups is 1. The van der Waals surface area contributed by atoms with E-state index in [1.54, 1.807) is 0 Å². The number of rotatable bonds is 5. The van der Waals surface area contributed by atoms with Crippen LogP contribution >= 0.6 is 0 Å². The molecule has 0 radical (unpaired) electrons. The van der Waals surface area contributed by atoms with Crippen LogP contribution in [0.15, 0.2) is 6.07 Å². The lowest BCUT2D eigenvalue weighted by Crippen LogP contribution is -2.14. The van der Waals surface area contributed by atoms with Gasteiger partial charge in [-0.2, -0.15) is 4.39 Å². The molecule has 1 fully saturated rings. The first-order valence-corrected chi connectivity index (χ1v) is 5.81. The lowest BCUT2D eigenvalue weighted by Gasteiger charge is -2.18. The number of carboxylic acid groups (broad SMARTS) is 1. The van der Waals surface area contributed by atoms with Crippen molar-refractivity contribution in [3.63, 3.8) is 0 Å². The Morgan fingerprint density at radius 3 is 2.47 bits per heavy atom. The summed E-state index contributed by atoms with van der Waals surface area (Å²) in [5, 5.41) is 18.8. The van der Waals surface area contributed by atoms with Gasteiger partial charge in [-0.1, -0.05) is 0 Å². The predicted molar refractivity (Wildman–Crippen MR) is 64.3 cm³/mol. The van der Waals surface area contributed by atoms with E-state index in [9.17, 15) is 14.3 Å². The minimum absolute atomic E-state index is 0.143. The Bertz CT molecular complexity index is 522. The van der Waals surface area contributed by atoms with Crippen molar-refractivity contribution in [2.75, 3.05) is 14.2 Å². The Morgan fingerprint density at radius 2 is 2.05 bits per heavy atom. The maximum absolute atomic E-state index is 14.0. The molecule has 1 aliphatic rings. The summed E-state index contributed by atoms with van der Waals surface area (Å²) in [6, 6.07) is 1.45. The van der Waals surface area contributed by atoms with Gasteiger partial charge in [-0.25, -0.2) is 0 Å². The van der Waals surface area contributed by atoms with E-state index in [-0.39, 0.29) is 23.5 Å². The van der Waals surface area contributed by atoms with E-state index >= 15 is 0 Å². The Morgan fingerprint density at radius 1 is 1.42 bits per heavy atom. The van der Waals surface area contributed by atoms with Gasteiger partial charge >= 0.3 is 5.97 Å². The van der Waals surface area contributed by atoms with E-state index < -0.39 is 23.0 Å². The highest BCUT2D eigenvalue weighted by atomic mass is 19.1. The van der Waals surface area contributed by atoms with Crippen LogP contribution in [0.2, 0.25) is 0 Å². The Kier molecular flexibility index (Phi) is 3.26. The third-order valence-electron chi connectivity index (χ3n) is 3.50. The summed E-state index contributed by atoms with van der Waals surface area (Å²) in [6.45, 7) is 0. The molecule has 0 heterocycles. The maximum Gasteiger partial charge on any atom is 0.304 e. The molecule has 1 aliphatic carbocycles. The van der Waals surface area contributed by atoms with Crippen molar-refractivity contribution in [1.29, 1.82) is 0 Å². The molecule has 2 N–H and O–H groups in total. The number of phenolic OH excluding ortho intramolecular Hbond substituents is 1. The molecular formula is C13H15FO5. The molecule has 5 nitrogen and oxygen atoms in total. The van der Waals surface area contributed by atoms with Crippen LogP contribution in [0.1, 0.15) is 24.8 Å². The van der Waals surface area contributed by atoms with Crippen LogP contribution in [0, 0.1) is 5.82 Å². The van der Waals surface area contributed by atoms with E-state index in [2.05, 4.69) is 0 Å². The minimum atomic E-state index is -0.980. The summed E-state index contributed by atoms with van der Waals surface area (Å²) in [4.78, 5) is 10.9. The molecule has 1 saturated carbocycles. The first kappa shape index (κ1) is 13.5. The van der Waals surface area contributed by atoms with E-state index in [4.69, 9.17) is 14.6 Å². The molecule has 0 spiro atoms. The fraction of sp³-hybridized carbons (Fsp3) is 0.462. The molecule has 0 unspecified atom stereocenters. The summed E-state index contributed by atoms with van der Waals surface area (Å²) in [7, 11) is 2.62. The van der Waals surface area contributed by atoms with Crippen LogP contribution in [-0.2, 0) is 10.2 Å². The third kappa shape index (κ3) is 2.18. The van der Waals surface area contributed by atoms with E-state index in [1.807, 2.05) is 0 Å². The van der Waals surface area contributed by atoms with Crippen molar-refractivity contribution in [3.05, 3.63) is 17.4 Å². The van der Waals surface area contributed by atoms with Gasteiger partial charge in [0.05, 0.1) is 20.6 Å². The van der Waals surface area contributed by atoms with Crippen molar-refractivity contribution in [1.82, 2.24) is 0 Å². The Hall–Kier alpha value is -1.98. The zero-order valence-electron chi connectivity index (χ0n) is 10.7. The number of phenols is 1. The van der Waals surface area contributed by atoms with Gasteiger partial charge in [0, 0.05) is 11.0 Å². The molecule has 19 heavy (non-hydrogen) atoms. The number of methoxy groups -OCH3 is 2. The fourth-order valence-corrected chi connectivity index (χ4v) is 2.33. The van der Waals surface area contributed by atoms with E-state index in [0.29, 0.717) is 12.8 Å². The molecule has 2 rings (SSSR count). The van der Waals surface area contributed by atoms with Gasteiger partial charge in [0.2, 0.25) is 11.6 Å². The summed E-state index contributed by atoms with van der Waals surface area (Å²) in [6.07, 6.45) is 1.05. The molecule has 0 atom stereocenters. The second-order valence-electron chi connectivity index (χ2n) is 4.67. The van der Waals surface area contributed by atoms with Crippen molar-refractivity contribution in [3.8, 4) is 17.2 Å². The number of aliphatic carboxylic acids is 1. The highest BCUT2D eigenvalue weighted by Crippen LogP contribution is 2.56. The van der Waals surface area contributed by atoms with Crippen LogP contribution in [0.3, 0.4) is 0 Å². The highest BCUT2D eigenvalue weighted by molar-refractivity contribution is 5.71. The van der Waals surface area contributed by atoms with E-state index in [0.717, 1.165) is 0 Å². The lowest BCUT2D eigenvalue weighted by molar-refractivity contribution is -0.137. The zero-order chi connectivity index (χ0) is 14.2. The predicted octanol–water partition coefficient (Wildman–Crippen LogP) is 2.05. The number of carboxylic acids is 1. The molecule has 1 aromatic carbocycles. The lowest BCUT2D eigenvalue weighted by atomic mass is 9.91. The Balaban J connectivity index is 2.53. The molecule has 0 saturated heterocycles. The molecule has 6 heteroatoms. The molecule has 0 bridgehead atoms. The standard InChI is InChI=1S/C13H15FO5/c1-18-8-5-7(11(17)10(14)12(8)19-2)13(3-4-13)6-9(15)16/h5,17H,3-4,6H2,1-2H3,(H,15,16). The molecule has 0 aliphatic heterocycles. The molecule has 104 valence electrons. The number of benzene rings is 1. The zero-order valence-corrected chi connectivity index (χ0v) is 10.7. The summed E-state index contributed by atoms with van der Waals surface area (Å²) in [5.74, 6) is -2.50. The Labute approximate surface area is 109 Å². The van der Waals surface area contributed by atoms with Crippen molar-refractivity contribution >= 4 is 5.97 Å². The van der Waals surface area contributed by atoms with Crippen LogP contribution in [0.4, 0.5) is 4.39 Å². The van der Waals surface area contributed by atoms with Gasteiger partial charge < -0.3 is 19.7 Å².